The standard InChI is InChI=1S/C20H29FOS/c1-19-8-3-4-16(19)15-6-5-13-10-14(22)11-18(23-12-21)20(13,2)17(15)7-9-19/h10,15-18H,3-9,11-12H2,1-2H3/t15-,16-,17-,18?,19-,20-/m0/s1. The molecule has 0 aliphatic heterocycles. The van der Waals surface area contributed by atoms with Crippen LogP contribution < -0.4 is 0 Å². The van der Waals surface area contributed by atoms with Gasteiger partial charge >= 0.3 is 0 Å². The molecule has 0 spiro atoms. The minimum atomic E-state index is -0.362. The van der Waals surface area contributed by atoms with Crippen LogP contribution in [0.3, 0.4) is 0 Å². The molecule has 0 amide bonds. The van der Waals surface area contributed by atoms with Gasteiger partial charge in [0, 0.05) is 17.1 Å². The largest absolute Gasteiger partial charge is 0.295 e. The van der Waals surface area contributed by atoms with Gasteiger partial charge in [-0.15, -0.1) is 11.8 Å². The molecule has 4 aliphatic rings. The van der Waals surface area contributed by atoms with Crippen molar-refractivity contribution in [2.45, 2.75) is 70.5 Å². The Balaban J connectivity index is 1.71. The minimum absolute atomic E-state index is 0.0531. The van der Waals surface area contributed by atoms with E-state index in [1.165, 1.54) is 55.9 Å². The van der Waals surface area contributed by atoms with E-state index in [2.05, 4.69) is 13.8 Å². The van der Waals surface area contributed by atoms with Crippen LogP contribution in [0.4, 0.5) is 4.39 Å². The van der Waals surface area contributed by atoms with Crippen LogP contribution in [0.1, 0.15) is 65.2 Å². The number of allylic oxidation sites excluding steroid dienone is 1. The Morgan fingerprint density at radius 2 is 2.04 bits per heavy atom. The molecule has 23 heavy (non-hydrogen) atoms. The number of hydrogen-bond donors (Lipinski definition) is 0. The summed E-state index contributed by atoms with van der Waals surface area (Å²) in [5.41, 5.74) is 1.96. The number of alkyl halides is 1. The topological polar surface area (TPSA) is 17.1 Å². The fourth-order valence-electron chi connectivity index (χ4n) is 6.89. The van der Waals surface area contributed by atoms with Gasteiger partial charge < -0.3 is 0 Å². The summed E-state index contributed by atoms with van der Waals surface area (Å²) in [6.45, 7) is 4.89. The van der Waals surface area contributed by atoms with E-state index >= 15 is 0 Å². The Hall–Kier alpha value is -0.310. The van der Waals surface area contributed by atoms with Crippen molar-refractivity contribution in [1.29, 1.82) is 0 Å². The van der Waals surface area contributed by atoms with Gasteiger partial charge in [0.15, 0.2) is 5.78 Å². The average Bonchev–Trinajstić information content (AvgIpc) is 2.90. The van der Waals surface area contributed by atoms with E-state index in [0.717, 1.165) is 18.3 Å². The van der Waals surface area contributed by atoms with E-state index in [-0.39, 0.29) is 22.5 Å². The summed E-state index contributed by atoms with van der Waals surface area (Å²) in [7, 11) is 0. The van der Waals surface area contributed by atoms with Gasteiger partial charge in [-0.05, 0) is 67.8 Å². The van der Waals surface area contributed by atoms with Gasteiger partial charge in [0.25, 0.3) is 0 Å². The summed E-state index contributed by atoms with van der Waals surface area (Å²) < 4.78 is 13.2. The van der Waals surface area contributed by atoms with Crippen molar-refractivity contribution in [2.24, 2.45) is 28.6 Å². The molecular weight excluding hydrogens is 307 g/mol. The lowest BCUT2D eigenvalue weighted by atomic mass is 9.47. The van der Waals surface area contributed by atoms with Crippen LogP contribution >= 0.6 is 11.8 Å². The molecule has 1 nitrogen and oxygen atoms in total. The van der Waals surface area contributed by atoms with E-state index in [4.69, 9.17) is 0 Å². The molecule has 1 unspecified atom stereocenters. The van der Waals surface area contributed by atoms with Crippen molar-refractivity contribution < 1.29 is 9.18 Å². The molecule has 6 atom stereocenters. The first-order valence-electron chi connectivity index (χ1n) is 9.40. The van der Waals surface area contributed by atoms with Gasteiger partial charge in [0.2, 0.25) is 0 Å². The van der Waals surface area contributed by atoms with Gasteiger partial charge in [-0.3, -0.25) is 4.79 Å². The first kappa shape index (κ1) is 16.2. The second-order valence-corrected chi connectivity index (χ2v) is 10.0. The first-order valence-corrected chi connectivity index (χ1v) is 10.5. The molecule has 3 fully saturated rings. The molecule has 0 radical (unpaired) electrons. The second-order valence-electron chi connectivity index (χ2n) is 8.89. The number of hydrogen-bond acceptors (Lipinski definition) is 2. The lowest BCUT2D eigenvalue weighted by Gasteiger charge is -2.59. The van der Waals surface area contributed by atoms with Gasteiger partial charge in [0.1, 0.15) is 6.01 Å². The third kappa shape index (κ3) is 2.28. The number of carbonyl (C=O) groups excluding carboxylic acids is 1. The second kappa shape index (κ2) is 5.61. The molecule has 3 saturated carbocycles. The molecule has 3 heteroatoms. The fraction of sp³-hybridized carbons (Fsp3) is 0.850. The number of carbonyl (C=O) groups is 1. The molecule has 128 valence electrons. The molecule has 0 aromatic rings. The molecular formula is C20H29FOS. The minimum Gasteiger partial charge on any atom is -0.295 e. The molecule has 4 aliphatic carbocycles. The molecule has 0 aromatic heterocycles. The van der Waals surface area contributed by atoms with E-state index < -0.39 is 0 Å². The lowest BCUT2D eigenvalue weighted by Crippen LogP contribution is -2.53. The van der Waals surface area contributed by atoms with Crippen molar-refractivity contribution in [3.63, 3.8) is 0 Å². The summed E-state index contributed by atoms with van der Waals surface area (Å²) in [6, 6.07) is -0.362. The highest BCUT2D eigenvalue weighted by atomic mass is 32.2. The Bertz CT molecular complexity index is 544. The predicted octanol–water partition coefficient (Wildman–Crippen LogP) is 5.55. The summed E-state index contributed by atoms with van der Waals surface area (Å²) in [5.74, 6) is 2.56. The Labute approximate surface area is 143 Å². The average molecular weight is 337 g/mol. The summed E-state index contributed by atoms with van der Waals surface area (Å²) in [5, 5.41) is 0.151. The van der Waals surface area contributed by atoms with Crippen molar-refractivity contribution in [1.82, 2.24) is 0 Å². The third-order valence-corrected chi connectivity index (χ3v) is 9.27. The predicted molar refractivity (Wildman–Crippen MR) is 94.1 cm³/mol. The van der Waals surface area contributed by atoms with Crippen molar-refractivity contribution in [2.75, 3.05) is 6.01 Å². The smallest absolute Gasteiger partial charge is 0.156 e. The van der Waals surface area contributed by atoms with Crippen molar-refractivity contribution in [3.05, 3.63) is 11.6 Å². The van der Waals surface area contributed by atoms with Gasteiger partial charge in [-0.25, -0.2) is 4.39 Å². The van der Waals surface area contributed by atoms with E-state index in [1.54, 1.807) is 0 Å². The number of thioether (sulfide) groups is 1. The maximum atomic E-state index is 13.2. The Morgan fingerprint density at radius 1 is 1.22 bits per heavy atom. The van der Waals surface area contributed by atoms with Crippen LogP contribution in [0, 0.1) is 28.6 Å². The molecule has 0 N–H and O–H groups in total. The van der Waals surface area contributed by atoms with E-state index in [1.807, 2.05) is 6.08 Å². The third-order valence-electron chi connectivity index (χ3n) is 8.08. The SMILES string of the molecule is C[C@@]12CCC[C@H]1[C@@H]1CCC3=CC(=O)CC(SCF)[C@]3(C)[C@H]1CC2. The Morgan fingerprint density at radius 3 is 2.83 bits per heavy atom. The van der Waals surface area contributed by atoms with Crippen LogP contribution in [0.25, 0.3) is 0 Å². The fourth-order valence-corrected chi connectivity index (χ4v) is 7.99. The van der Waals surface area contributed by atoms with Crippen molar-refractivity contribution in [3.8, 4) is 0 Å². The summed E-state index contributed by atoms with van der Waals surface area (Å²) >= 11 is 1.39. The number of halogens is 1. The van der Waals surface area contributed by atoms with Crippen LogP contribution in [0.2, 0.25) is 0 Å². The molecule has 0 saturated heterocycles. The molecule has 0 bridgehead atoms. The van der Waals surface area contributed by atoms with E-state index in [0.29, 0.717) is 17.8 Å². The zero-order chi connectivity index (χ0) is 16.2. The number of fused-ring (bicyclic) bond motifs is 5. The van der Waals surface area contributed by atoms with E-state index in [9.17, 15) is 9.18 Å². The Kier molecular flexibility index (Phi) is 3.94. The van der Waals surface area contributed by atoms with Crippen LogP contribution in [-0.4, -0.2) is 17.0 Å². The summed E-state index contributed by atoms with van der Waals surface area (Å²) in [6.07, 6.45) is 11.6. The normalized spacial score (nSPS) is 49.2. The monoisotopic (exact) mass is 336 g/mol. The number of rotatable bonds is 2. The van der Waals surface area contributed by atoms with Crippen LogP contribution in [-0.2, 0) is 4.79 Å². The molecule has 0 aromatic carbocycles. The van der Waals surface area contributed by atoms with Crippen molar-refractivity contribution >= 4 is 17.5 Å². The molecule has 0 heterocycles. The van der Waals surface area contributed by atoms with Gasteiger partial charge in [-0.1, -0.05) is 25.8 Å². The van der Waals surface area contributed by atoms with Crippen LogP contribution in [0.5, 0.6) is 0 Å². The van der Waals surface area contributed by atoms with Crippen LogP contribution in [0.15, 0.2) is 11.6 Å². The maximum absolute atomic E-state index is 13.2. The highest BCUT2D eigenvalue weighted by Gasteiger charge is 2.58. The zero-order valence-corrected chi connectivity index (χ0v) is 15.3. The first-order chi connectivity index (χ1) is 11.0. The van der Waals surface area contributed by atoms with Gasteiger partial charge in [-0.2, -0.15) is 0 Å². The highest BCUT2D eigenvalue weighted by Crippen LogP contribution is 2.66. The van der Waals surface area contributed by atoms with Gasteiger partial charge in [0.05, 0.1) is 0 Å². The quantitative estimate of drug-likeness (QED) is 0.658. The highest BCUT2D eigenvalue weighted by molar-refractivity contribution is 7.99. The molecule has 4 rings (SSSR count). The maximum Gasteiger partial charge on any atom is 0.156 e. The lowest BCUT2D eigenvalue weighted by molar-refractivity contribution is -0.117. The zero-order valence-electron chi connectivity index (χ0n) is 14.4. The number of ketones is 1. The summed E-state index contributed by atoms with van der Waals surface area (Å²) in [4.78, 5) is 12.1.